The van der Waals surface area contributed by atoms with Crippen LogP contribution in [0.2, 0.25) is 5.02 Å². The second-order valence-electron chi connectivity index (χ2n) is 9.00. The first-order valence-electron chi connectivity index (χ1n) is 12.6. The number of nitrogens with zero attached hydrogens (tertiary/aromatic N) is 2. The molecule has 0 aromatic heterocycles. The molecule has 1 aliphatic heterocycles. The molecule has 2 aromatic carbocycles. The van der Waals surface area contributed by atoms with Crippen LogP contribution in [0.1, 0.15) is 74.4 Å². The Morgan fingerprint density at radius 1 is 1.06 bits per heavy atom. The molecule has 36 heavy (non-hydrogen) atoms. The van der Waals surface area contributed by atoms with Crippen molar-refractivity contribution in [3.63, 3.8) is 0 Å². The maximum atomic E-state index is 13.3. The maximum Gasteiger partial charge on any atom is 0.336 e. The maximum absolute atomic E-state index is 13.3. The van der Waals surface area contributed by atoms with Crippen molar-refractivity contribution in [3.05, 3.63) is 81.5 Å². The molecule has 0 spiro atoms. The Morgan fingerprint density at radius 2 is 1.75 bits per heavy atom. The van der Waals surface area contributed by atoms with Crippen molar-refractivity contribution in [2.45, 2.75) is 59.4 Å². The van der Waals surface area contributed by atoms with Crippen molar-refractivity contribution >= 4 is 29.4 Å². The summed E-state index contributed by atoms with van der Waals surface area (Å²) in [5.41, 5.74) is 3.25. The van der Waals surface area contributed by atoms with Crippen molar-refractivity contribution in [2.75, 3.05) is 19.7 Å². The van der Waals surface area contributed by atoms with Gasteiger partial charge in [-0.15, -0.1) is 0 Å². The first-order chi connectivity index (χ1) is 17.3. The second kappa shape index (κ2) is 12.7. The van der Waals surface area contributed by atoms with Crippen molar-refractivity contribution in [1.82, 2.24) is 9.80 Å². The highest BCUT2D eigenvalue weighted by Crippen LogP contribution is 2.38. The van der Waals surface area contributed by atoms with Gasteiger partial charge in [0.1, 0.15) is 0 Å². The quantitative estimate of drug-likeness (QED) is 0.370. The highest BCUT2D eigenvalue weighted by Gasteiger charge is 2.37. The largest absolute Gasteiger partial charge is 0.463 e. The van der Waals surface area contributed by atoms with Crippen LogP contribution in [0.5, 0.6) is 0 Å². The van der Waals surface area contributed by atoms with E-state index in [0.717, 1.165) is 24.0 Å². The molecule has 0 saturated heterocycles. The number of hydrogen-bond donors (Lipinski definition) is 0. The number of allylic oxidation sites excluding steroid dienone is 1. The number of rotatable bonds is 10. The van der Waals surface area contributed by atoms with Gasteiger partial charge in [-0.25, -0.2) is 4.79 Å². The SMILES string of the molecule is CCCN(CCC)C(=O)c1cccc(CN2C(=O)CC(c3cccc(Cl)c3)C(C(=O)OCC)=C2C)c1. The topological polar surface area (TPSA) is 66.9 Å². The molecule has 0 fully saturated rings. The van der Waals surface area contributed by atoms with Crippen molar-refractivity contribution in [3.8, 4) is 0 Å². The molecule has 7 heteroatoms. The Bertz CT molecular complexity index is 1140. The van der Waals surface area contributed by atoms with E-state index in [9.17, 15) is 14.4 Å². The van der Waals surface area contributed by atoms with Crippen LogP contribution in [0.3, 0.4) is 0 Å². The predicted octanol–water partition coefficient (Wildman–Crippen LogP) is 5.96. The van der Waals surface area contributed by atoms with E-state index < -0.39 is 11.9 Å². The van der Waals surface area contributed by atoms with Gasteiger partial charge in [0.25, 0.3) is 5.91 Å². The Hall–Kier alpha value is -3.12. The molecule has 1 heterocycles. The number of amides is 2. The van der Waals surface area contributed by atoms with Gasteiger partial charge in [0.2, 0.25) is 5.91 Å². The zero-order valence-corrected chi connectivity index (χ0v) is 22.3. The van der Waals surface area contributed by atoms with Crippen LogP contribution in [0.25, 0.3) is 0 Å². The predicted molar refractivity (Wildman–Crippen MR) is 142 cm³/mol. The molecular formula is C29H35ClN2O4. The molecule has 3 rings (SSSR count). The number of benzene rings is 2. The highest BCUT2D eigenvalue weighted by atomic mass is 35.5. The fourth-order valence-electron chi connectivity index (χ4n) is 4.71. The van der Waals surface area contributed by atoms with Crippen LogP contribution in [0.4, 0.5) is 0 Å². The summed E-state index contributed by atoms with van der Waals surface area (Å²) >= 11 is 6.20. The molecule has 1 unspecified atom stereocenters. The third-order valence-electron chi connectivity index (χ3n) is 6.36. The lowest BCUT2D eigenvalue weighted by molar-refractivity contribution is -0.140. The first kappa shape index (κ1) is 27.5. The van der Waals surface area contributed by atoms with Crippen LogP contribution < -0.4 is 0 Å². The Morgan fingerprint density at radius 3 is 2.39 bits per heavy atom. The van der Waals surface area contributed by atoms with Crippen LogP contribution >= 0.6 is 11.6 Å². The van der Waals surface area contributed by atoms with Crippen molar-refractivity contribution in [1.29, 1.82) is 0 Å². The molecule has 6 nitrogen and oxygen atoms in total. The Kier molecular flexibility index (Phi) is 9.71. The van der Waals surface area contributed by atoms with Gasteiger partial charge >= 0.3 is 5.97 Å². The zero-order chi connectivity index (χ0) is 26.2. The van der Waals surface area contributed by atoms with E-state index in [1.807, 2.05) is 41.3 Å². The van der Waals surface area contributed by atoms with Gasteiger partial charge in [-0.2, -0.15) is 0 Å². The highest BCUT2D eigenvalue weighted by molar-refractivity contribution is 6.30. The summed E-state index contributed by atoms with van der Waals surface area (Å²) in [7, 11) is 0. The molecular weight excluding hydrogens is 476 g/mol. The monoisotopic (exact) mass is 510 g/mol. The number of halogens is 1. The lowest BCUT2D eigenvalue weighted by atomic mass is 9.83. The van der Waals surface area contributed by atoms with E-state index in [1.54, 1.807) is 30.9 Å². The van der Waals surface area contributed by atoms with Crippen molar-refractivity contribution < 1.29 is 19.1 Å². The second-order valence-corrected chi connectivity index (χ2v) is 9.44. The molecule has 0 radical (unpaired) electrons. The standard InChI is InChI=1S/C29H35ClN2O4/c1-5-14-31(15-6-2)28(34)23-12-8-10-21(16-23)19-32-20(4)27(29(35)36-7-3)25(18-26(32)33)22-11-9-13-24(30)17-22/h8-13,16-17,25H,5-7,14-15,18-19H2,1-4H3. The van der Waals surface area contributed by atoms with E-state index in [-0.39, 0.29) is 31.4 Å². The van der Waals surface area contributed by atoms with Gasteiger partial charge in [0.05, 0.1) is 18.7 Å². The average molecular weight is 511 g/mol. The fourth-order valence-corrected chi connectivity index (χ4v) is 4.91. The summed E-state index contributed by atoms with van der Waals surface area (Å²) in [5, 5.41) is 0.546. The first-order valence-corrected chi connectivity index (χ1v) is 13.0. The Balaban J connectivity index is 1.95. The van der Waals surface area contributed by atoms with Gasteiger partial charge < -0.3 is 14.5 Å². The number of ether oxygens (including phenoxy) is 1. The molecule has 0 bridgehead atoms. The van der Waals surface area contributed by atoms with Crippen LogP contribution in [0, 0.1) is 0 Å². The lowest BCUT2D eigenvalue weighted by Crippen LogP contribution is -2.38. The lowest BCUT2D eigenvalue weighted by Gasteiger charge is -2.34. The third kappa shape index (κ3) is 6.35. The van der Waals surface area contributed by atoms with Gasteiger partial charge in [-0.05, 0) is 62.1 Å². The smallest absolute Gasteiger partial charge is 0.336 e. The molecule has 0 N–H and O–H groups in total. The summed E-state index contributed by atoms with van der Waals surface area (Å²) in [5.74, 6) is -0.973. The third-order valence-corrected chi connectivity index (χ3v) is 6.59. The molecule has 0 saturated carbocycles. The van der Waals surface area contributed by atoms with Gasteiger partial charge in [-0.3, -0.25) is 9.59 Å². The molecule has 2 aromatic rings. The molecule has 0 aliphatic carbocycles. The van der Waals surface area contributed by atoms with E-state index in [4.69, 9.17) is 16.3 Å². The number of carbonyl (C=O) groups is 3. The molecule has 2 amide bonds. The molecule has 192 valence electrons. The van der Waals surface area contributed by atoms with E-state index in [0.29, 0.717) is 34.9 Å². The summed E-state index contributed by atoms with van der Waals surface area (Å²) in [6, 6.07) is 14.6. The van der Waals surface area contributed by atoms with Crippen molar-refractivity contribution in [2.24, 2.45) is 0 Å². The van der Waals surface area contributed by atoms with Gasteiger partial charge in [0.15, 0.2) is 0 Å². The zero-order valence-electron chi connectivity index (χ0n) is 21.6. The summed E-state index contributed by atoms with van der Waals surface area (Å²) in [6.07, 6.45) is 1.91. The summed E-state index contributed by atoms with van der Waals surface area (Å²) in [6.45, 7) is 9.56. The number of carbonyl (C=O) groups excluding carboxylic acids is 3. The van der Waals surface area contributed by atoms with Gasteiger partial charge in [0, 0.05) is 41.7 Å². The minimum Gasteiger partial charge on any atom is -0.463 e. The molecule has 1 aliphatic rings. The Labute approximate surface area is 218 Å². The van der Waals surface area contributed by atoms with Crippen LogP contribution in [0.15, 0.2) is 59.8 Å². The van der Waals surface area contributed by atoms with E-state index >= 15 is 0 Å². The summed E-state index contributed by atoms with van der Waals surface area (Å²) in [4.78, 5) is 42.9. The number of hydrogen-bond acceptors (Lipinski definition) is 4. The summed E-state index contributed by atoms with van der Waals surface area (Å²) < 4.78 is 5.37. The number of esters is 1. The van der Waals surface area contributed by atoms with Gasteiger partial charge in [-0.1, -0.05) is 49.7 Å². The fraction of sp³-hybridized carbons (Fsp3) is 0.414. The minimum atomic E-state index is -0.434. The normalized spacial score (nSPS) is 15.8. The van der Waals surface area contributed by atoms with Crippen LogP contribution in [-0.4, -0.2) is 47.3 Å². The molecule has 1 atom stereocenters. The average Bonchev–Trinajstić information content (AvgIpc) is 2.86. The van der Waals surface area contributed by atoms with E-state index in [2.05, 4.69) is 13.8 Å². The minimum absolute atomic E-state index is 0.00832. The van der Waals surface area contributed by atoms with Crippen LogP contribution in [-0.2, 0) is 20.9 Å². The van der Waals surface area contributed by atoms with E-state index in [1.165, 1.54) is 0 Å².